The SMILES string of the molecule is CCc1cc2cccc(-c3cncc(C(F)(F)F)c3)c2c(=O)n1-c1ccccc1. The summed E-state index contributed by atoms with van der Waals surface area (Å²) in [6.07, 6.45) is -1.74. The number of pyridine rings is 2. The number of aryl methyl sites for hydroxylation is 1. The molecule has 2 aromatic heterocycles. The van der Waals surface area contributed by atoms with E-state index >= 15 is 0 Å². The van der Waals surface area contributed by atoms with Gasteiger partial charge in [0.2, 0.25) is 0 Å². The number of rotatable bonds is 3. The number of para-hydroxylation sites is 1. The molecule has 0 fully saturated rings. The molecule has 0 saturated heterocycles. The van der Waals surface area contributed by atoms with Crippen LogP contribution in [0.2, 0.25) is 0 Å². The van der Waals surface area contributed by atoms with Crippen molar-refractivity contribution in [3.05, 3.63) is 94.7 Å². The zero-order valence-electron chi connectivity index (χ0n) is 15.6. The predicted octanol–water partition coefficient (Wildman–Crippen LogP) is 5.63. The van der Waals surface area contributed by atoms with Crippen LogP contribution in [0.5, 0.6) is 0 Å². The van der Waals surface area contributed by atoms with E-state index in [1.54, 1.807) is 22.8 Å². The van der Waals surface area contributed by atoms with Crippen LogP contribution in [-0.4, -0.2) is 9.55 Å². The molecule has 0 saturated carbocycles. The monoisotopic (exact) mass is 394 g/mol. The Hall–Kier alpha value is -3.41. The number of benzene rings is 2. The van der Waals surface area contributed by atoms with Crippen molar-refractivity contribution in [3.8, 4) is 16.8 Å². The fourth-order valence-electron chi connectivity index (χ4n) is 3.52. The molecular formula is C23H17F3N2O. The molecule has 4 aromatic rings. The maximum atomic E-state index is 13.5. The standard InChI is InChI=1S/C23H17F3N2O/c1-2-18-12-15-7-6-10-20(16-11-17(14-27-13-16)23(24,25)26)21(15)22(29)28(18)19-8-4-3-5-9-19/h3-14H,2H2,1H3. The summed E-state index contributed by atoms with van der Waals surface area (Å²) in [5.41, 5.74) is 1.12. The summed E-state index contributed by atoms with van der Waals surface area (Å²) in [5.74, 6) is 0. The van der Waals surface area contributed by atoms with Gasteiger partial charge in [-0.05, 0) is 41.6 Å². The third kappa shape index (κ3) is 3.42. The second-order valence-electron chi connectivity index (χ2n) is 6.70. The Morgan fingerprint density at radius 3 is 2.41 bits per heavy atom. The molecule has 0 radical (unpaired) electrons. The molecule has 0 aliphatic heterocycles. The van der Waals surface area contributed by atoms with Gasteiger partial charge in [-0.15, -0.1) is 0 Å². The van der Waals surface area contributed by atoms with Crippen LogP contribution < -0.4 is 5.56 Å². The lowest BCUT2D eigenvalue weighted by Crippen LogP contribution is -2.22. The molecule has 6 heteroatoms. The minimum Gasteiger partial charge on any atom is -0.281 e. The van der Waals surface area contributed by atoms with E-state index < -0.39 is 11.7 Å². The first-order chi connectivity index (χ1) is 13.9. The van der Waals surface area contributed by atoms with E-state index in [0.29, 0.717) is 28.4 Å². The highest BCUT2D eigenvalue weighted by Crippen LogP contribution is 2.33. The van der Waals surface area contributed by atoms with Crippen molar-refractivity contribution in [2.24, 2.45) is 0 Å². The van der Waals surface area contributed by atoms with Crippen molar-refractivity contribution in [3.63, 3.8) is 0 Å². The summed E-state index contributed by atoms with van der Waals surface area (Å²) < 4.78 is 41.1. The van der Waals surface area contributed by atoms with Gasteiger partial charge in [-0.1, -0.05) is 43.3 Å². The lowest BCUT2D eigenvalue weighted by Gasteiger charge is -2.16. The smallest absolute Gasteiger partial charge is 0.281 e. The largest absolute Gasteiger partial charge is 0.417 e. The van der Waals surface area contributed by atoms with Crippen LogP contribution in [0.1, 0.15) is 18.2 Å². The molecule has 0 atom stereocenters. The van der Waals surface area contributed by atoms with Crippen LogP contribution in [0.4, 0.5) is 13.2 Å². The number of aromatic nitrogens is 2. The van der Waals surface area contributed by atoms with Gasteiger partial charge in [0.05, 0.1) is 10.9 Å². The first-order valence-electron chi connectivity index (χ1n) is 9.16. The highest BCUT2D eigenvalue weighted by molar-refractivity contribution is 5.96. The fraction of sp³-hybridized carbons (Fsp3) is 0.130. The first kappa shape index (κ1) is 18.9. The summed E-state index contributed by atoms with van der Waals surface area (Å²) in [6.45, 7) is 1.96. The van der Waals surface area contributed by atoms with Crippen molar-refractivity contribution < 1.29 is 13.2 Å². The van der Waals surface area contributed by atoms with Crippen LogP contribution >= 0.6 is 0 Å². The first-order valence-corrected chi connectivity index (χ1v) is 9.16. The number of alkyl halides is 3. The summed E-state index contributed by atoms with van der Waals surface area (Å²) >= 11 is 0. The van der Waals surface area contributed by atoms with Gasteiger partial charge in [0.15, 0.2) is 0 Å². The van der Waals surface area contributed by atoms with Crippen molar-refractivity contribution in [2.45, 2.75) is 19.5 Å². The molecular weight excluding hydrogens is 377 g/mol. The Morgan fingerprint density at radius 1 is 0.966 bits per heavy atom. The molecule has 0 spiro atoms. The molecule has 0 N–H and O–H groups in total. The maximum absolute atomic E-state index is 13.5. The van der Waals surface area contributed by atoms with Crippen LogP contribution in [-0.2, 0) is 12.6 Å². The Labute approximate surface area is 165 Å². The molecule has 0 unspecified atom stereocenters. The molecule has 0 bridgehead atoms. The van der Waals surface area contributed by atoms with E-state index in [0.717, 1.165) is 18.0 Å². The lowest BCUT2D eigenvalue weighted by molar-refractivity contribution is -0.137. The lowest BCUT2D eigenvalue weighted by atomic mass is 9.98. The van der Waals surface area contributed by atoms with Crippen LogP contribution in [0.15, 0.2) is 77.9 Å². The molecule has 2 heterocycles. The molecule has 146 valence electrons. The quantitative estimate of drug-likeness (QED) is 0.451. The summed E-state index contributed by atoms with van der Waals surface area (Å²) in [4.78, 5) is 17.3. The fourth-order valence-corrected chi connectivity index (χ4v) is 3.52. The maximum Gasteiger partial charge on any atom is 0.417 e. The second-order valence-corrected chi connectivity index (χ2v) is 6.70. The molecule has 3 nitrogen and oxygen atoms in total. The van der Waals surface area contributed by atoms with Crippen molar-refractivity contribution in [1.29, 1.82) is 0 Å². The van der Waals surface area contributed by atoms with Gasteiger partial charge in [-0.2, -0.15) is 13.2 Å². The van der Waals surface area contributed by atoms with Crippen molar-refractivity contribution in [1.82, 2.24) is 9.55 Å². The minimum atomic E-state index is -4.51. The molecule has 0 aliphatic rings. The van der Waals surface area contributed by atoms with E-state index in [1.165, 1.54) is 6.20 Å². The topological polar surface area (TPSA) is 34.9 Å². The normalized spacial score (nSPS) is 11.7. The highest BCUT2D eigenvalue weighted by Gasteiger charge is 2.31. The van der Waals surface area contributed by atoms with Gasteiger partial charge < -0.3 is 0 Å². The second kappa shape index (κ2) is 7.20. The average molecular weight is 394 g/mol. The van der Waals surface area contributed by atoms with Gasteiger partial charge in [0.1, 0.15) is 0 Å². The molecule has 2 aromatic carbocycles. The number of nitrogens with zero attached hydrogens (tertiary/aromatic N) is 2. The van der Waals surface area contributed by atoms with Crippen molar-refractivity contribution in [2.75, 3.05) is 0 Å². The molecule has 29 heavy (non-hydrogen) atoms. The number of hydrogen-bond donors (Lipinski definition) is 0. The number of fused-ring (bicyclic) bond motifs is 1. The third-order valence-corrected chi connectivity index (χ3v) is 4.88. The van der Waals surface area contributed by atoms with Crippen LogP contribution in [0.3, 0.4) is 0 Å². The van der Waals surface area contributed by atoms with Gasteiger partial charge in [-0.25, -0.2) is 0 Å². The van der Waals surface area contributed by atoms with Gasteiger partial charge in [0.25, 0.3) is 5.56 Å². The van der Waals surface area contributed by atoms with E-state index in [9.17, 15) is 18.0 Å². The van der Waals surface area contributed by atoms with Gasteiger partial charge in [0, 0.05) is 29.3 Å². The van der Waals surface area contributed by atoms with Gasteiger partial charge >= 0.3 is 6.18 Å². The Bertz CT molecular complexity index is 1240. The molecule has 0 aliphatic carbocycles. The van der Waals surface area contributed by atoms with Crippen LogP contribution in [0.25, 0.3) is 27.6 Å². The highest BCUT2D eigenvalue weighted by atomic mass is 19.4. The van der Waals surface area contributed by atoms with E-state index in [1.807, 2.05) is 43.3 Å². The Kier molecular flexibility index (Phi) is 4.70. The number of hydrogen-bond acceptors (Lipinski definition) is 2. The zero-order chi connectivity index (χ0) is 20.6. The summed E-state index contributed by atoms with van der Waals surface area (Å²) in [6, 6.07) is 17.3. The third-order valence-electron chi connectivity index (χ3n) is 4.88. The Morgan fingerprint density at radius 2 is 1.72 bits per heavy atom. The average Bonchev–Trinajstić information content (AvgIpc) is 2.73. The predicted molar refractivity (Wildman–Crippen MR) is 107 cm³/mol. The summed E-state index contributed by atoms with van der Waals surface area (Å²) in [7, 11) is 0. The van der Waals surface area contributed by atoms with E-state index in [2.05, 4.69) is 4.98 Å². The van der Waals surface area contributed by atoms with E-state index in [4.69, 9.17) is 0 Å². The van der Waals surface area contributed by atoms with E-state index in [-0.39, 0.29) is 11.1 Å². The molecule has 4 rings (SSSR count). The van der Waals surface area contributed by atoms with Crippen molar-refractivity contribution >= 4 is 10.8 Å². The molecule has 0 amide bonds. The van der Waals surface area contributed by atoms with Gasteiger partial charge in [-0.3, -0.25) is 14.3 Å². The number of halogens is 3. The minimum absolute atomic E-state index is 0.256. The zero-order valence-corrected chi connectivity index (χ0v) is 15.6. The van der Waals surface area contributed by atoms with Crippen LogP contribution in [0, 0.1) is 0 Å². The Balaban J connectivity index is 2.05. The summed E-state index contributed by atoms with van der Waals surface area (Å²) in [5, 5.41) is 1.06.